The number of carbonyl (C=O) groups is 1. The normalized spacial score (nSPS) is 10.3. The number of halogens is 2. The van der Waals surface area contributed by atoms with Gasteiger partial charge in [0.15, 0.2) is 11.6 Å². The molecule has 4 heteroatoms. The average molecular weight is 233 g/mol. The zero-order valence-electron chi connectivity index (χ0n) is 9.08. The lowest BCUT2D eigenvalue weighted by Crippen LogP contribution is -1.95. The van der Waals surface area contributed by atoms with E-state index in [2.05, 4.69) is 4.98 Å². The SMILES string of the molecule is Cc1cc(C=O)ccc1-c1c(F)cncc1F. The van der Waals surface area contributed by atoms with Crippen molar-refractivity contribution < 1.29 is 13.6 Å². The molecule has 1 aromatic heterocycles. The van der Waals surface area contributed by atoms with Crippen molar-refractivity contribution in [2.75, 3.05) is 0 Å². The number of rotatable bonds is 2. The van der Waals surface area contributed by atoms with Crippen LogP contribution < -0.4 is 0 Å². The summed E-state index contributed by atoms with van der Waals surface area (Å²) in [4.78, 5) is 14.0. The van der Waals surface area contributed by atoms with E-state index in [1.807, 2.05) is 0 Å². The Labute approximate surface area is 96.9 Å². The molecule has 0 saturated carbocycles. The molecular formula is C13H9F2NO. The van der Waals surface area contributed by atoms with E-state index in [0.29, 0.717) is 23.0 Å². The molecule has 86 valence electrons. The number of benzene rings is 1. The lowest BCUT2D eigenvalue weighted by Gasteiger charge is -2.08. The Morgan fingerprint density at radius 1 is 1.18 bits per heavy atom. The second-order valence-electron chi connectivity index (χ2n) is 3.67. The molecule has 0 N–H and O–H groups in total. The van der Waals surface area contributed by atoms with E-state index in [9.17, 15) is 13.6 Å². The first-order chi connectivity index (χ1) is 8.13. The number of pyridine rings is 1. The van der Waals surface area contributed by atoms with Crippen LogP contribution in [-0.2, 0) is 0 Å². The largest absolute Gasteiger partial charge is 0.298 e. The van der Waals surface area contributed by atoms with Crippen LogP contribution in [-0.4, -0.2) is 11.3 Å². The third-order valence-corrected chi connectivity index (χ3v) is 2.51. The van der Waals surface area contributed by atoms with Crippen LogP contribution in [0.15, 0.2) is 30.6 Å². The molecule has 0 aliphatic heterocycles. The van der Waals surface area contributed by atoms with Gasteiger partial charge in [0.1, 0.15) is 6.29 Å². The van der Waals surface area contributed by atoms with E-state index in [1.165, 1.54) is 12.1 Å². The second-order valence-corrected chi connectivity index (χ2v) is 3.67. The predicted octanol–water partition coefficient (Wildman–Crippen LogP) is 3.15. The number of hydrogen-bond donors (Lipinski definition) is 0. The highest BCUT2D eigenvalue weighted by Gasteiger charge is 2.13. The Morgan fingerprint density at radius 2 is 1.82 bits per heavy atom. The van der Waals surface area contributed by atoms with Crippen molar-refractivity contribution >= 4 is 6.29 Å². The molecule has 17 heavy (non-hydrogen) atoms. The van der Waals surface area contributed by atoms with Crippen LogP contribution in [0.3, 0.4) is 0 Å². The number of hydrogen-bond acceptors (Lipinski definition) is 2. The fraction of sp³-hybridized carbons (Fsp3) is 0.0769. The van der Waals surface area contributed by atoms with Crippen molar-refractivity contribution in [3.63, 3.8) is 0 Å². The van der Waals surface area contributed by atoms with Gasteiger partial charge in [0.25, 0.3) is 0 Å². The first kappa shape index (κ1) is 11.4. The summed E-state index contributed by atoms with van der Waals surface area (Å²) in [5.74, 6) is -1.43. The van der Waals surface area contributed by atoms with Crippen molar-refractivity contribution in [2.24, 2.45) is 0 Å². The summed E-state index contributed by atoms with van der Waals surface area (Å²) in [5, 5.41) is 0. The van der Waals surface area contributed by atoms with Crippen LogP contribution in [0.5, 0.6) is 0 Å². The van der Waals surface area contributed by atoms with E-state index in [0.717, 1.165) is 12.4 Å². The van der Waals surface area contributed by atoms with Crippen LogP contribution in [0, 0.1) is 18.6 Å². The van der Waals surface area contributed by atoms with E-state index in [1.54, 1.807) is 13.0 Å². The smallest absolute Gasteiger partial charge is 0.152 e. The molecule has 0 radical (unpaired) electrons. The Morgan fingerprint density at radius 3 is 2.35 bits per heavy atom. The molecule has 1 heterocycles. The van der Waals surface area contributed by atoms with Gasteiger partial charge in [-0.1, -0.05) is 12.1 Å². The molecule has 0 aliphatic rings. The quantitative estimate of drug-likeness (QED) is 0.746. The van der Waals surface area contributed by atoms with Crippen LogP contribution in [0.1, 0.15) is 15.9 Å². The zero-order chi connectivity index (χ0) is 12.4. The highest BCUT2D eigenvalue weighted by molar-refractivity contribution is 5.78. The van der Waals surface area contributed by atoms with Gasteiger partial charge < -0.3 is 0 Å². The predicted molar refractivity (Wildman–Crippen MR) is 59.7 cm³/mol. The standard InChI is InChI=1S/C13H9F2NO/c1-8-4-9(7-17)2-3-10(8)13-11(14)5-16-6-12(13)15/h2-7H,1H3. The maximum atomic E-state index is 13.5. The minimum atomic E-state index is -0.716. The second kappa shape index (κ2) is 4.41. The molecule has 0 spiro atoms. The molecule has 0 saturated heterocycles. The number of aryl methyl sites for hydroxylation is 1. The molecule has 0 unspecified atom stereocenters. The molecule has 2 rings (SSSR count). The maximum absolute atomic E-state index is 13.5. The Balaban J connectivity index is 2.65. The molecule has 0 aliphatic carbocycles. The third-order valence-electron chi connectivity index (χ3n) is 2.51. The Kier molecular flexibility index (Phi) is 2.95. The van der Waals surface area contributed by atoms with Gasteiger partial charge in [-0.15, -0.1) is 0 Å². The molecule has 0 amide bonds. The number of nitrogens with zero attached hydrogens (tertiary/aromatic N) is 1. The monoisotopic (exact) mass is 233 g/mol. The number of aromatic nitrogens is 1. The van der Waals surface area contributed by atoms with Crippen molar-refractivity contribution in [1.82, 2.24) is 4.98 Å². The van der Waals surface area contributed by atoms with E-state index in [-0.39, 0.29) is 5.56 Å². The molecule has 0 bridgehead atoms. The lowest BCUT2D eigenvalue weighted by atomic mass is 9.99. The van der Waals surface area contributed by atoms with Gasteiger partial charge in [-0.25, -0.2) is 8.78 Å². The van der Waals surface area contributed by atoms with Gasteiger partial charge >= 0.3 is 0 Å². The molecule has 0 atom stereocenters. The third kappa shape index (κ3) is 2.06. The lowest BCUT2D eigenvalue weighted by molar-refractivity contribution is 0.112. The van der Waals surface area contributed by atoms with Crippen molar-refractivity contribution in [2.45, 2.75) is 6.92 Å². The molecule has 2 nitrogen and oxygen atoms in total. The maximum Gasteiger partial charge on any atom is 0.152 e. The fourth-order valence-electron chi connectivity index (χ4n) is 1.71. The van der Waals surface area contributed by atoms with Gasteiger partial charge in [0, 0.05) is 5.56 Å². The summed E-state index contributed by atoms with van der Waals surface area (Å²) in [5.41, 5.74) is 1.42. The van der Waals surface area contributed by atoms with Crippen molar-refractivity contribution in [1.29, 1.82) is 0 Å². The van der Waals surface area contributed by atoms with Crippen LogP contribution in [0.25, 0.3) is 11.1 Å². The summed E-state index contributed by atoms with van der Waals surface area (Å²) in [7, 11) is 0. The number of aldehydes is 1. The van der Waals surface area contributed by atoms with E-state index < -0.39 is 11.6 Å². The topological polar surface area (TPSA) is 30.0 Å². The van der Waals surface area contributed by atoms with Crippen LogP contribution >= 0.6 is 0 Å². The summed E-state index contributed by atoms with van der Waals surface area (Å²) >= 11 is 0. The first-order valence-corrected chi connectivity index (χ1v) is 4.98. The average Bonchev–Trinajstić information content (AvgIpc) is 2.30. The molecule has 0 fully saturated rings. The van der Waals surface area contributed by atoms with Crippen LogP contribution in [0.2, 0.25) is 0 Å². The van der Waals surface area contributed by atoms with Crippen LogP contribution in [0.4, 0.5) is 8.78 Å². The van der Waals surface area contributed by atoms with E-state index >= 15 is 0 Å². The van der Waals surface area contributed by atoms with Gasteiger partial charge in [-0.2, -0.15) is 0 Å². The van der Waals surface area contributed by atoms with Crippen molar-refractivity contribution in [3.8, 4) is 11.1 Å². The highest BCUT2D eigenvalue weighted by atomic mass is 19.1. The van der Waals surface area contributed by atoms with Crippen molar-refractivity contribution in [3.05, 3.63) is 53.4 Å². The first-order valence-electron chi connectivity index (χ1n) is 4.98. The van der Waals surface area contributed by atoms with Gasteiger partial charge in [-0.05, 0) is 24.1 Å². The molecule has 2 aromatic rings. The zero-order valence-corrected chi connectivity index (χ0v) is 9.08. The number of carbonyl (C=O) groups excluding carboxylic acids is 1. The van der Waals surface area contributed by atoms with Gasteiger partial charge in [0.05, 0.1) is 18.0 Å². The van der Waals surface area contributed by atoms with E-state index in [4.69, 9.17) is 0 Å². The minimum absolute atomic E-state index is 0.116. The molecule has 1 aromatic carbocycles. The summed E-state index contributed by atoms with van der Waals surface area (Å²) in [6, 6.07) is 4.64. The van der Waals surface area contributed by atoms with Gasteiger partial charge in [-0.3, -0.25) is 9.78 Å². The summed E-state index contributed by atoms with van der Waals surface area (Å²) in [6.45, 7) is 1.70. The Hall–Kier alpha value is -2.10. The Bertz CT molecular complexity index is 561. The fourth-order valence-corrected chi connectivity index (χ4v) is 1.71. The molecular weight excluding hydrogens is 224 g/mol. The van der Waals surface area contributed by atoms with Gasteiger partial charge in [0.2, 0.25) is 0 Å². The highest BCUT2D eigenvalue weighted by Crippen LogP contribution is 2.28. The summed E-state index contributed by atoms with van der Waals surface area (Å²) in [6.07, 6.45) is 2.62. The summed E-state index contributed by atoms with van der Waals surface area (Å²) < 4.78 is 27.1. The minimum Gasteiger partial charge on any atom is -0.298 e.